The number of imidazole rings is 1. The molecular formula is C14H17N5O4. The number of carbonyl (C=O) groups is 1. The Kier molecular flexibility index (Phi) is 3.20. The van der Waals surface area contributed by atoms with Crippen LogP contribution in [-0.4, -0.2) is 63.5 Å². The van der Waals surface area contributed by atoms with E-state index >= 15 is 0 Å². The number of aliphatic hydroxyl groups excluding tert-OH is 1. The molecule has 4 atom stereocenters. The maximum Gasteiger partial charge on any atom is 0.306 e. The third kappa shape index (κ3) is 2.07. The van der Waals surface area contributed by atoms with Crippen LogP contribution in [0.15, 0.2) is 12.7 Å². The number of carbonyl (C=O) groups excluding carboxylic acids is 1. The number of anilines is 1. The van der Waals surface area contributed by atoms with E-state index in [4.69, 9.17) is 9.47 Å². The van der Waals surface area contributed by atoms with Gasteiger partial charge in [0.05, 0.1) is 25.5 Å². The summed E-state index contributed by atoms with van der Waals surface area (Å²) in [6.07, 6.45) is 1.93. The smallest absolute Gasteiger partial charge is 0.306 e. The summed E-state index contributed by atoms with van der Waals surface area (Å²) in [4.78, 5) is 26.4. The number of hydrogen-bond acceptors (Lipinski definition) is 8. The van der Waals surface area contributed by atoms with Crippen molar-refractivity contribution in [3.63, 3.8) is 0 Å². The number of rotatable bonds is 3. The van der Waals surface area contributed by atoms with Crippen LogP contribution in [-0.2, 0) is 14.3 Å². The third-order valence-electron chi connectivity index (χ3n) is 4.38. The summed E-state index contributed by atoms with van der Waals surface area (Å²) < 4.78 is 13.0. The summed E-state index contributed by atoms with van der Waals surface area (Å²) in [6, 6.07) is 0. The predicted octanol–water partition coefficient (Wildman–Crippen LogP) is -0.286. The number of hydrogen-bond donors (Lipinski definition) is 1. The molecule has 0 aliphatic carbocycles. The van der Waals surface area contributed by atoms with Gasteiger partial charge in [0, 0.05) is 20.0 Å². The minimum absolute atomic E-state index is 0.148. The molecule has 0 bridgehead atoms. The van der Waals surface area contributed by atoms with E-state index in [1.54, 1.807) is 10.9 Å². The number of ether oxygens (including phenoxy) is 2. The Morgan fingerprint density at radius 3 is 2.96 bits per heavy atom. The predicted molar refractivity (Wildman–Crippen MR) is 78.6 cm³/mol. The first-order chi connectivity index (χ1) is 11.1. The van der Waals surface area contributed by atoms with Gasteiger partial charge in [-0.1, -0.05) is 0 Å². The lowest BCUT2D eigenvalue weighted by Gasteiger charge is -2.18. The third-order valence-corrected chi connectivity index (χ3v) is 4.38. The van der Waals surface area contributed by atoms with E-state index in [9.17, 15) is 9.90 Å². The van der Waals surface area contributed by atoms with Crippen molar-refractivity contribution < 1.29 is 19.4 Å². The summed E-state index contributed by atoms with van der Waals surface area (Å²) in [5, 5.41) is 9.50. The lowest BCUT2D eigenvalue weighted by atomic mass is 9.97. The van der Waals surface area contributed by atoms with Crippen LogP contribution in [0.1, 0.15) is 12.6 Å². The number of esters is 1. The second kappa shape index (κ2) is 5.14. The maximum atomic E-state index is 11.6. The Morgan fingerprint density at radius 2 is 2.22 bits per heavy atom. The van der Waals surface area contributed by atoms with E-state index in [1.165, 1.54) is 6.33 Å². The topological polar surface area (TPSA) is 103 Å². The van der Waals surface area contributed by atoms with Crippen LogP contribution in [0.3, 0.4) is 0 Å². The highest BCUT2D eigenvalue weighted by molar-refractivity contribution is 5.83. The van der Waals surface area contributed by atoms with Crippen molar-refractivity contribution >= 4 is 23.0 Å². The van der Waals surface area contributed by atoms with Crippen molar-refractivity contribution in [2.45, 2.75) is 24.9 Å². The second-order valence-electron chi connectivity index (χ2n) is 5.99. The average Bonchev–Trinajstić information content (AvgIpc) is 3.19. The van der Waals surface area contributed by atoms with Crippen LogP contribution in [0.4, 0.5) is 5.82 Å². The van der Waals surface area contributed by atoms with Gasteiger partial charge in [-0.25, -0.2) is 15.0 Å². The second-order valence-corrected chi connectivity index (χ2v) is 5.99. The van der Waals surface area contributed by atoms with Crippen molar-refractivity contribution in [3.05, 3.63) is 12.7 Å². The van der Waals surface area contributed by atoms with Gasteiger partial charge in [-0.15, -0.1) is 0 Å². The molecule has 2 fully saturated rings. The highest BCUT2D eigenvalue weighted by Crippen LogP contribution is 2.43. The van der Waals surface area contributed by atoms with E-state index in [0.29, 0.717) is 17.0 Å². The molecule has 2 aromatic heterocycles. The lowest BCUT2D eigenvalue weighted by molar-refractivity contribution is -0.149. The first-order valence-corrected chi connectivity index (χ1v) is 7.41. The van der Waals surface area contributed by atoms with Crippen LogP contribution < -0.4 is 4.90 Å². The molecule has 4 rings (SSSR count). The van der Waals surface area contributed by atoms with Gasteiger partial charge in [0.25, 0.3) is 0 Å². The molecule has 1 N–H and O–H groups in total. The molecule has 9 heteroatoms. The zero-order valence-electron chi connectivity index (χ0n) is 12.8. The minimum Gasteiger partial charge on any atom is -0.457 e. The molecule has 4 heterocycles. The van der Waals surface area contributed by atoms with Crippen LogP contribution in [0.25, 0.3) is 11.2 Å². The molecule has 0 radical (unpaired) electrons. The van der Waals surface area contributed by atoms with Crippen molar-refractivity contribution in [1.29, 1.82) is 0 Å². The molecule has 0 saturated carbocycles. The largest absolute Gasteiger partial charge is 0.457 e. The SMILES string of the molecule is CN(C)c1ncnc2c1ncn2[C@H]1O[C@H](CO)[C@H]2CC(=O)O[C@H]21. The molecule has 2 saturated heterocycles. The van der Waals surface area contributed by atoms with Crippen LogP contribution >= 0.6 is 0 Å². The Bertz CT molecular complexity index is 761. The average molecular weight is 319 g/mol. The Balaban J connectivity index is 1.78. The highest BCUT2D eigenvalue weighted by Gasteiger charge is 2.52. The first-order valence-electron chi connectivity index (χ1n) is 7.41. The van der Waals surface area contributed by atoms with Gasteiger partial charge >= 0.3 is 5.97 Å². The molecule has 9 nitrogen and oxygen atoms in total. The molecule has 0 aromatic carbocycles. The zero-order valence-corrected chi connectivity index (χ0v) is 12.8. The van der Waals surface area contributed by atoms with Gasteiger partial charge in [-0.2, -0.15) is 0 Å². The molecule has 0 unspecified atom stereocenters. The molecule has 2 aliphatic heterocycles. The molecule has 0 amide bonds. The van der Waals surface area contributed by atoms with E-state index < -0.39 is 18.4 Å². The van der Waals surface area contributed by atoms with Crippen molar-refractivity contribution in [3.8, 4) is 0 Å². The standard InChI is InChI=1S/C14H17N5O4/c1-18(2)12-10-13(16-5-15-12)19(6-17-10)14-11-7(3-9(21)23-11)8(4-20)22-14/h5-8,11,14,20H,3-4H2,1-2H3/t7-,8-,11-,14+/m1/s1. The lowest BCUT2D eigenvalue weighted by Crippen LogP contribution is -2.24. The zero-order chi connectivity index (χ0) is 16.1. The Morgan fingerprint density at radius 1 is 1.39 bits per heavy atom. The highest BCUT2D eigenvalue weighted by atomic mass is 16.6. The van der Waals surface area contributed by atoms with Crippen LogP contribution in [0.5, 0.6) is 0 Å². The molecule has 2 aliphatic rings. The fourth-order valence-corrected chi connectivity index (χ4v) is 3.32. The Labute approximate surface area is 131 Å². The van der Waals surface area contributed by atoms with Gasteiger partial charge in [0.2, 0.25) is 0 Å². The molecule has 2 aromatic rings. The summed E-state index contributed by atoms with van der Waals surface area (Å²) in [6.45, 7) is -0.154. The molecule has 0 spiro atoms. The van der Waals surface area contributed by atoms with E-state index in [2.05, 4.69) is 15.0 Å². The van der Waals surface area contributed by atoms with Gasteiger partial charge < -0.3 is 19.5 Å². The summed E-state index contributed by atoms with van der Waals surface area (Å²) in [5.41, 5.74) is 1.25. The van der Waals surface area contributed by atoms with E-state index in [1.807, 2.05) is 19.0 Å². The molecule has 122 valence electrons. The van der Waals surface area contributed by atoms with E-state index in [0.717, 1.165) is 0 Å². The van der Waals surface area contributed by atoms with Crippen molar-refractivity contribution in [1.82, 2.24) is 19.5 Å². The van der Waals surface area contributed by atoms with Gasteiger partial charge in [0.1, 0.15) is 6.33 Å². The number of aliphatic hydroxyl groups is 1. The summed E-state index contributed by atoms with van der Waals surface area (Å²) in [5.74, 6) is 0.287. The van der Waals surface area contributed by atoms with Crippen LogP contribution in [0, 0.1) is 5.92 Å². The normalized spacial score (nSPS) is 29.8. The fraction of sp³-hybridized carbons (Fsp3) is 0.571. The summed E-state index contributed by atoms with van der Waals surface area (Å²) in [7, 11) is 3.76. The van der Waals surface area contributed by atoms with Crippen molar-refractivity contribution in [2.24, 2.45) is 5.92 Å². The fourth-order valence-electron chi connectivity index (χ4n) is 3.32. The van der Waals surface area contributed by atoms with Gasteiger partial charge in [-0.05, 0) is 0 Å². The van der Waals surface area contributed by atoms with Gasteiger partial charge in [-0.3, -0.25) is 9.36 Å². The van der Waals surface area contributed by atoms with Gasteiger partial charge in [0.15, 0.2) is 29.3 Å². The quantitative estimate of drug-likeness (QED) is 0.770. The molecular weight excluding hydrogens is 302 g/mol. The monoisotopic (exact) mass is 319 g/mol. The number of fused-ring (bicyclic) bond motifs is 2. The number of nitrogens with zero attached hydrogens (tertiary/aromatic N) is 5. The molecule has 23 heavy (non-hydrogen) atoms. The van der Waals surface area contributed by atoms with Crippen LogP contribution in [0.2, 0.25) is 0 Å². The number of aromatic nitrogens is 4. The van der Waals surface area contributed by atoms with E-state index in [-0.39, 0.29) is 24.9 Å². The Hall–Kier alpha value is -2.26. The summed E-state index contributed by atoms with van der Waals surface area (Å²) >= 11 is 0. The first kappa shape index (κ1) is 14.3. The maximum absolute atomic E-state index is 11.6. The minimum atomic E-state index is -0.543. The van der Waals surface area contributed by atoms with Crippen molar-refractivity contribution in [2.75, 3.05) is 25.6 Å².